The van der Waals surface area contributed by atoms with Gasteiger partial charge in [0.25, 0.3) is 0 Å². The van der Waals surface area contributed by atoms with E-state index in [-0.39, 0.29) is 6.10 Å². The minimum Gasteiger partial charge on any atom is -0.493 e. The molecule has 1 aromatic carbocycles. The Hall–Kier alpha value is -1.22. The van der Waals surface area contributed by atoms with E-state index in [0.717, 1.165) is 30.9 Å². The number of hydrogen-bond acceptors (Lipinski definition) is 3. The minimum atomic E-state index is 0.161. The van der Waals surface area contributed by atoms with Gasteiger partial charge in [0.15, 0.2) is 11.5 Å². The third-order valence-electron chi connectivity index (χ3n) is 3.36. The summed E-state index contributed by atoms with van der Waals surface area (Å²) in [5.41, 5.74) is 2.74. The fourth-order valence-electron chi connectivity index (χ4n) is 2.52. The summed E-state index contributed by atoms with van der Waals surface area (Å²) in [5.74, 6) is 1.70. The van der Waals surface area contributed by atoms with E-state index in [1.165, 1.54) is 11.1 Å². The SMILES string of the molecule is CCC1NCCc2cc(OC)c(OC(C)C)cc21. The molecule has 0 radical (unpaired) electrons. The number of fused-ring (bicyclic) bond motifs is 1. The van der Waals surface area contributed by atoms with Gasteiger partial charge in [-0.05, 0) is 56.5 Å². The van der Waals surface area contributed by atoms with Crippen molar-refractivity contribution >= 4 is 0 Å². The maximum Gasteiger partial charge on any atom is 0.161 e. The van der Waals surface area contributed by atoms with Crippen LogP contribution in [0.5, 0.6) is 11.5 Å². The first-order valence-electron chi connectivity index (χ1n) is 6.76. The molecule has 0 saturated heterocycles. The number of methoxy groups -OCH3 is 1. The molecule has 0 bridgehead atoms. The predicted octanol–water partition coefficient (Wildman–Crippen LogP) is 3.08. The van der Waals surface area contributed by atoms with Crippen LogP contribution in [0.15, 0.2) is 12.1 Å². The maximum atomic E-state index is 5.84. The second kappa shape index (κ2) is 5.61. The Labute approximate surface area is 109 Å². The molecular weight excluding hydrogens is 226 g/mol. The summed E-state index contributed by atoms with van der Waals surface area (Å²) in [6.45, 7) is 7.32. The normalized spacial score (nSPS) is 18.6. The van der Waals surface area contributed by atoms with Gasteiger partial charge in [0.05, 0.1) is 13.2 Å². The van der Waals surface area contributed by atoms with Gasteiger partial charge in [0.2, 0.25) is 0 Å². The topological polar surface area (TPSA) is 30.5 Å². The summed E-state index contributed by atoms with van der Waals surface area (Å²) in [6.07, 6.45) is 2.32. The zero-order valence-corrected chi connectivity index (χ0v) is 11.7. The Bertz CT molecular complexity index is 415. The van der Waals surface area contributed by atoms with E-state index in [0.29, 0.717) is 6.04 Å². The molecule has 1 atom stereocenters. The van der Waals surface area contributed by atoms with E-state index < -0.39 is 0 Å². The lowest BCUT2D eigenvalue weighted by atomic mass is 9.92. The molecule has 0 fully saturated rings. The molecule has 0 aliphatic carbocycles. The third kappa shape index (κ3) is 2.61. The lowest BCUT2D eigenvalue weighted by Crippen LogP contribution is -2.29. The van der Waals surface area contributed by atoms with Crippen molar-refractivity contribution in [2.24, 2.45) is 0 Å². The van der Waals surface area contributed by atoms with E-state index in [1.807, 2.05) is 13.8 Å². The van der Waals surface area contributed by atoms with Gasteiger partial charge in [-0.15, -0.1) is 0 Å². The van der Waals surface area contributed by atoms with Gasteiger partial charge in [-0.3, -0.25) is 0 Å². The molecule has 3 heteroatoms. The van der Waals surface area contributed by atoms with Crippen molar-refractivity contribution < 1.29 is 9.47 Å². The Kier molecular flexibility index (Phi) is 4.12. The van der Waals surface area contributed by atoms with Gasteiger partial charge < -0.3 is 14.8 Å². The maximum absolute atomic E-state index is 5.84. The van der Waals surface area contributed by atoms with Crippen molar-refractivity contribution in [3.05, 3.63) is 23.3 Å². The quantitative estimate of drug-likeness (QED) is 0.889. The average molecular weight is 249 g/mol. The van der Waals surface area contributed by atoms with Gasteiger partial charge in [-0.2, -0.15) is 0 Å². The molecule has 18 heavy (non-hydrogen) atoms. The standard InChI is InChI=1S/C15H23NO2/c1-5-13-12-9-15(18-10(2)3)14(17-4)8-11(12)6-7-16-13/h8-10,13,16H,5-7H2,1-4H3. The molecule has 1 heterocycles. The molecule has 1 aliphatic heterocycles. The lowest BCUT2D eigenvalue weighted by Gasteiger charge is -2.27. The van der Waals surface area contributed by atoms with Crippen LogP contribution in [-0.4, -0.2) is 19.8 Å². The van der Waals surface area contributed by atoms with Crippen molar-refractivity contribution in [1.82, 2.24) is 5.32 Å². The summed E-state index contributed by atoms with van der Waals surface area (Å²) < 4.78 is 11.3. The highest BCUT2D eigenvalue weighted by Crippen LogP contribution is 2.36. The number of benzene rings is 1. The van der Waals surface area contributed by atoms with Gasteiger partial charge in [-0.25, -0.2) is 0 Å². The van der Waals surface area contributed by atoms with Crippen LogP contribution in [0.2, 0.25) is 0 Å². The molecule has 1 aromatic rings. The van der Waals surface area contributed by atoms with Crippen LogP contribution in [0.4, 0.5) is 0 Å². The molecule has 2 rings (SSSR count). The van der Waals surface area contributed by atoms with E-state index in [9.17, 15) is 0 Å². The van der Waals surface area contributed by atoms with E-state index in [2.05, 4.69) is 24.4 Å². The van der Waals surface area contributed by atoms with Crippen molar-refractivity contribution in [3.63, 3.8) is 0 Å². The highest BCUT2D eigenvalue weighted by atomic mass is 16.5. The lowest BCUT2D eigenvalue weighted by molar-refractivity contribution is 0.229. The van der Waals surface area contributed by atoms with Gasteiger partial charge in [0.1, 0.15) is 0 Å². The Morgan fingerprint density at radius 1 is 1.33 bits per heavy atom. The molecular formula is C15H23NO2. The Balaban J connectivity index is 2.41. The molecule has 0 aromatic heterocycles. The number of nitrogens with one attached hydrogen (secondary N) is 1. The molecule has 0 saturated carbocycles. The monoisotopic (exact) mass is 249 g/mol. The third-order valence-corrected chi connectivity index (χ3v) is 3.36. The molecule has 100 valence electrons. The van der Waals surface area contributed by atoms with Gasteiger partial charge in [0, 0.05) is 6.04 Å². The van der Waals surface area contributed by atoms with Crippen molar-refractivity contribution in [2.75, 3.05) is 13.7 Å². The molecule has 1 N–H and O–H groups in total. The smallest absolute Gasteiger partial charge is 0.161 e. The van der Waals surface area contributed by atoms with Crippen molar-refractivity contribution in [2.45, 2.75) is 45.8 Å². The number of hydrogen-bond donors (Lipinski definition) is 1. The van der Waals surface area contributed by atoms with Crippen LogP contribution in [-0.2, 0) is 6.42 Å². The van der Waals surface area contributed by atoms with E-state index in [1.54, 1.807) is 7.11 Å². The van der Waals surface area contributed by atoms with Crippen molar-refractivity contribution in [3.8, 4) is 11.5 Å². The van der Waals surface area contributed by atoms with Crippen LogP contribution in [0.3, 0.4) is 0 Å². The fourth-order valence-corrected chi connectivity index (χ4v) is 2.52. The second-order valence-electron chi connectivity index (χ2n) is 5.03. The minimum absolute atomic E-state index is 0.161. The summed E-state index contributed by atoms with van der Waals surface area (Å²) in [6, 6.07) is 4.72. The predicted molar refractivity (Wildman–Crippen MR) is 73.5 cm³/mol. The molecule has 1 unspecified atom stereocenters. The highest BCUT2D eigenvalue weighted by molar-refractivity contribution is 5.49. The molecule has 1 aliphatic rings. The van der Waals surface area contributed by atoms with E-state index in [4.69, 9.17) is 9.47 Å². The van der Waals surface area contributed by atoms with Crippen LogP contribution >= 0.6 is 0 Å². The van der Waals surface area contributed by atoms with Gasteiger partial charge >= 0.3 is 0 Å². The summed E-state index contributed by atoms with van der Waals surface area (Å²) in [4.78, 5) is 0. The summed E-state index contributed by atoms with van der Waals surface area (Å²) >= 11 is 0. The first-order valence-corrected chi connectivity index (χ1v) is 6.76. The fraction of sp³-hybridized carbons (Fsp3) is 0.600. The van der Waals surface area contributed by atoms with Gasteiger partial charge in [-0.1, -0.05) is 6.92 Å². The molecule has 0 spiro atoms. The second-order valence-corrected chi connectivity index (χ2v) is 5.03. The number of ether oxygens (including phenoxy) is 2. The largest absolute Gasteiger partial charge is 0.493 e. The van der Waals surface area contributed by atoms with Crippen LogP contribution in [0.1, 0.15) is 44.4 Å². The Morgan fingerprint density at radius 2 is 2.11 bits per heavy atom. The summed E-state index contributed by atoms with van der Waals surface area (Å²) in [7, 11) is 1.70. The first kappa shape index (κ1) is 13.2. The zero-order valence-electron chi connectivity index (χ0n) is 11.7. The molecule has 3 nitrogen and oxygen atoms in total. The van der Waals surface area contributed by atoms with Crippen LogP contribution in [0.25, 0.3) is 0 Å². The zero-order chi connectivity index (χ0) is 13.1. The first-order chi connectivity index (χ1) is 8.65. The van der Waals surface area contributed by atoms with Crippen LogP contribution in [0, 0.1) is 0 Å². The van der Waals surface area contributed by atoms with Crippen LogP contribution < -0.4 is 14.8 Å². The van der Waals surface area contributed by atoms with E-state index >= 15 is 0 Å². The average Bonchev–Trinajstić information content (AvgIpc) is 2.36. The molecule has 0 amide bonds. The highest BCUT2D eigenvalue weighted by Gasteiger charge is 2.21. The summed E-state index contributed by atoms with van der Waals surface area (Å²) in [5, 5.41) is 3.55. The van der Waals surface area contributed by atoms with Crippen molar-refractivity contribution in [1.29, 1.82) is 0 Å². The number of rotatable bonds is 4. The Morgan fingerprint density at radius 3 is 2.72 bits per heavy atom.